The number of aliphatic hydroxyl groups excluding tert-OH is 3. The number of aliphatic hydroxyl groups is 3. The van der Waals surface area contributed by atoms with Crippen LogP contribution >= 0.6 is 0 Å². The van der Waals surface area contributed by atoms with E-state index in [2.05, 4.69) is 0 Å². The minimum Gasteiger partial charge on any atom is -0.390 e. The highest BCUT2D eigenvalue weighted by Gasteiger charge is 2.38. The summed E-state index contributed by atoms with van der Waals surface area (Å²) in [5.41, 5.74) is 0. The maximum absolute atomic E-state index is 9.18. The van der Waals surface area contributed by atoms with Gasteiger partial charge >= 0.3 is 0 Å². The second-order valence-electron chi connectivity index (χ2n) is 4.32. The lowest BCUT2D eigenvalue weighted by molar-refractivity contribution is -0.974. The molecule has 0 heterocycles. The van der Waals surface area contributed by atoms with E-state index in [0.29, 0.717) is 4.48 Å². The third-order valence-corrected chi connectivity index (χ3v) is 3.64. The van der Waals surface area contributed by atoms with Crippen LogP contribution in [0.4, 0.5) is 0 Å². The summed E-state index contributed by atoms with van der Waals surface area (Å²) in [7, 11) is 1.96. The van der Waals surface area contributed by atoms with E-state index in [1.807, 2.05) is 27.8 Å². The maximum Gasteiger partial charge on any atom is 0.110 e. The predicted octanol–water partition coefficient (Wildman–Crippen LogP) is -0.425. The van der Waals surface area contributed by atoms with E-state index in [9.17, 15) is 15.3 Å². The molecule has 0 aromatic rings. The van der Waals surface area contributed by atoms with Gasteiger partial charge in [-0.15, -0.1) is 0 Å². The largest absolute Gasteiger partial charge is 0.390 e. The molecular weight excluding hydrogens is 182 g/mol. The molecule has 4 heteroatoms. The quantitative estimate of drug-likeness (QED) is 0.517. The van der Waals surface area contributed by atoms with Crippen molar-refractivity contribution in [3.05, 3.63) is 0 Å². The zero-order valence-corrected chi connectivity index (χ0v) is 9.64. The van der Waals surface area contributed by atoms with Crippen LogP contribution in [0.15, 0.2) is 0 Å². The number of nitrogens with zero attached hydrogens (tertiary/aromatic N) is 1. The van der Waals surface area contributed by atoms with Gasteiger partial charge in [-0.1, -0.05) is 0 Å². The van der Waals surface area contributed by atoms with Gasteiger partial charge in [0.05, 0.1) is 26.9 Å². The van der Waals surface area contributed by atoms with Crippen molar-refractivity contribution >= 4 is 0 Å². The van der Waals surface area contributed by atoms with E-state index >= 15 is 0 Å². The van der Waals surface area contributed by atoms with E-state index in [0.717, 1.165) is 0 Å². The molecular formula is C10H24NO3+. The predicted molar refractivity (Wildman–Crippen MR) is 55.8 cm³/mol. The standard InChI is InChI=1S/C10H24NO3/c1-8(5-12)11(4,9(2)6-13)10(3)7-14/h8-10,12-14H,5-7H2,1-4H3/q+1. The van der Waals surface area contributed by atoms with E-state index < -0.39 is 0 Å². The van der Waals surface area contributed by atoms with Crippen LogP contribution in [0.5, 0.6) is 0 Å². The highest BCUT2D eigenvalue weighted by Crippen LogP contribution is 2.20. The van der Waals surface area contributed by atoms with Gasteiger partial charge in [-0.25, -0.2) is 0 Å². The third kappa shape index (κ3) is 2.45. The minimum atomic E-state index is 0.0132. The molecule has 0 fully saturated rings. The molecule has 0 amide bonds. The Hall–Kier alpha value is -0.160. The van der Waals surface area contributed by atoms with Crippen LogP contribution in [-0.4, -0.2) is 64.8 Å². The number of hydrogen-bond acceptors (Lipinski definition) is 3. The number of rotatable bonds is 6. The molecule has 0 aromatic heterocycles. The molecule has 3 N–H and O–H groups in total. The Kier molecular flexibility index (Phi) is 5.59. The van der Waals surface area contributed by atoms with Crippen LogP contribution in [-0.2, 0) is 0 Å². The van der Waals surface area contributed by atoms with Crippen molar-refractivity contribution in [3.8, 4) is 0 Å². The minimum absolute atomic E-state index is 0.0132. The zero-order valence-electron chi connectivity index (χ0n) is 9.64. The smallest absolute Gasteiger partial charge is 0.110 e. The maximum atomic E-state index is 9.18. The molecule has 0 saturated heterocycles. The van der Waals surface area contributed by atoms with Crippen molar-refractivity contribution in [1.82, 2.24) is 0 Å². The zero-order chi connectivity index (χ0) is 11.4. The molecule has 0 aromatic carbocycles. The van der Waals surface area contributed by atoms with Crippen molar-refractivity contribution < 1.29 is 19.8 Å². The highest BCUT2D eigenvalue weighted by molar-refractivity contribution is 4.62. The van der Waals surface area contributed by atoms with Gasteiger partial charge in [-0.2, -0.15) is 0 Å². The van der Waals surface area contributed by atoms with Gasteiger partial charge in [0.2, 0.25) is 0 Å². The first-order valence-corrected chi connectivity index (χ1v) is 5.13. The van der Waals surface area contributed by atoms with Gasteiger partial charge in [0, 0.05) is 0 Å². The van der Waals surface area contributed by atoms with Crippen LogP contribution in [0.2, 0.25) is 0 Å². The fourth-order valence-electron chi connectivity index (χ4n) is 1.83. The summed E-state index contributed by atoms with van der Waals surface area (Å²) in [5, 5.41) is 27.5. The van der Waals surface area contributed by atoms with Crippen molar-refractivity contribution in [2.24, 2.45) is 0 Å². The van der Waals surface area contributed by atoms with Crippen molar-refractivity contribution in [2.45, 2.75) is 38.9 Å². The van der Waals surface area contributed by atoms with Gasteiger partial charge in [0.15, 0.2) is 0 Å². The normalized spacial score (nSPS) is 22.5. The first-order valence-electron chi connectivity index (χ1n) is 5.13. The van der Waals surface area contributed by atoms with Crippen molar-refractivity contribution in [1.29, 1.82) is 0 Å². The fraction of sp³-hybridized carbons (Fsp3) is 1.00. The van der Waals surface area contributed by atoms with Crippen molar-refractivity contribution in [3.63, 3.8) is 0 Å². The molecule has 0 saturated carbocycles. The number of hydrogen-bond donors (Lipinski definition) is 3. The molecule has 0 spiro atoms. The molecule has 3 unspecified atom stereocenters. The first-order chi connectivity index (χ1) is 6.44. The molecule has 4 nitrogen and oxygen atoms in total. The second kappa shape index (κ2) is 5.66. The molecule has 0 bridgehead atoms. The Bertz CT molecular complexity index is 137. The lowest BCUT2D eigenvalue weighted by Gasteiger charge is -2.47. The average Bonchev–Trinajstić information content (AvgIpc) is 2.24. The van der Waals surface area contributed by atoms with Gasteiger partial charge in [-0.05, 0) is 20.8 Å². The molecule has 14 heavy (non-hydrogen) atoms. The summed E-state index contributed by atoms with van der Waals surface area (Å²) in [6.07, 6.45) is 0. The van der Waals surface area contributed by atoms with Gasteiger partial charge < -0.3 is 19.8 Å². The first kappa shape index (κ1) is 13.8. The molecule has 0 rings (SSSR count). The molecule has 0 aliphatic heterocycles. The molecule has 0 aliphatic carbocycles. The summed E-state index contributed by atoms with van der Waals surface area (Å²) in [4.78, 5) is 0. The highest BCUT2D eigenvalue weighted by atomic mass is 16.3. The number of quaternary nitrogens is 1. The molecule has 3 atom stereocenters. The van der Waals surface area contributed by atoms with Crippen LogP contribution in [0.3, 0.4) is 0 Å². The SMILES string of the molecule is CC(CO)[N+](C)(C(C)CO)C(C)CO. The Balaban J connectivity index is 4.83. The lowest BCUT2D eigenvalue weighted by atomic mass is 10.1. The van der Waals surface area contributed by atoms with Crippen LogP contribution < -0.4 is 0 Å². The topological polar surface area (TPSA) is 60.7 Å². The Morgan fingerprint density at radius 2 is 1.00 bits per heavy atom. The summed E-state index contributed by atoms with van der Waals surface area (Å²) in [5.74, 6) is 0. The monoisotopic (exact) mass is 206 g/mol. The van der Waals surface area contributed by atoms with E-state index in [-0.39, 0.29) is 37.9 Å². The van der Waals surface area contributed by atoms with E-state index in [1.54, 1.807) is 0 Å². The van der Waals surface area contributed by atoms with Crippen LogP contribution in [0.1, 0.15) is 20.8 Å². The summed E-state index contributed by atoms with van der Waals surface area (Å²) in [6.45, 7) is 5.97. The molecule has 0 radical (unpaired) electrons. The van der Waals surface area contributed by atoms with Crippen molar-refractivity contribution in [2.75, 3.05) is 26.9 Å². The summed E-state index contributed by atoms with van der Waals surface area (Å²) < 4.78 is 0.490. The van der Waals surface area contributed by atoms with Gasteiger partial charge in [0.1, 0.15) is 18.1 Å². The van der Waals surface area contributed by atoms with E-state index in [4.69, 9.17) is 0 Å². The average molecular weight is 206 g/mol. The number of likely N-dealkylation sites (N-methyl/N-ethyl adjacent to an activating group) is 1. The second-order valence-corrected chi connectivity index (χ2v) is 4.32. The van der Waals surface area contributed by atoms with Crippen LogP contribution in [0, 0.1) is 0 Å². The lowest BCUT2D eigenvalue weighted by Crippen LogP contribution is -2.64. The molecule has 0 aliphatic rings. The Morgan fingerprint density at radius 3 is 1.14 bits per heavy atom. The summed E-state index contributed by atoms with van der Waals surface area (Å²) >= 11 is 0. The molecule has 86 valence electrons. The van der Waals surface area contributed by atoms with Gasteiger partial charge in [0.25, 0.3) is 0 Å². The Labute approximate surface area is 86.4 Å². The van der Waals surface area contributed by atoms with E-state index in [1.165, 1.54) is 0 Å². The van der Waals surface area contributed by atoms with Gasteiger partial charge in [-0.3, -0.25) is 0 Å². The summed E-state index contributed by atoms with van der Waals surface area (Å²) in [6, 6.07) is 0.0397. The fourth-order valence-corrected chi connectivity index (χ4v) is 1.83. The Morgan fingerprint density at radius 1 is 0.786 bits per heavy atom. The van der Waals surface area contributed by atoms with Crippen LogP contribution in [0.25, 0.3) is 0 Å². The third-order valence-electron chi connectivity index (χ3n) is 3.64.